The molecule has 2 rings (SSSR count). The molecule has 19 heavy (non-hydrogen) atoms. The van der Waals surface area contributed by atoms with Crippen LogP contribution in [0.4, 0.5) is 0 Å². The summed E-state index contributed by atoms with van der Waals surface area (Å²) in [5.74, 6) is 0.552. The Bertz CT molecular complexity index is 601. The zero-order valence-electron chi connectivity index (χ0n) is 10.5. The van der Waals surface area contributed by atoms with E-state index in [2.05, 4.69) is 0 Å². The molecule has 0 amide bonds. The maximum atomic E-state index is 10.5. The molecule has 1 N–H and O–H groups in total. The van der Waals surface area contributed by atoms with Gasteiger partial charge in [-0.05, 0) is 48.4 Å². The van der Waals surface area contributed by atoms with E-state index in [0.29, 0.717) is 0 Å². The average Bonchev–Trinajstić information content (AvgIpc) is 2.39. The maximum absolute atomic E-state index is 10.5. The van der Waals surface area contributed by atoms with Gasteiger partial charge >= 0.3 is 5.97 Å². The molecule has 0 unspecified atom stereocenters. The van der Waals surface area contributed by atoms with Crippen molar-refractivity contribution in [1.82, 2.24) is 0 Å². The number of aryl methyl sites for hydroxylation is 1. The lowest BCUT2D eigenvalue weighted by Gasteiger charge is -2.07. The molecule has 0 saturated heterocycles. The summed E-state index contributed by atoms with van der Waals surface area (Å²) >= 11 is 0. The van der Waals surface area contributed by atoms with Crippen molar-refractivity contribution in [2.24, 2.45) is 0 Å². The predicted octanol–water partition coefficient (Wildman–Crippen LogP) is 3.89. The molecular weight excluding hydrogens is 240 g/mol. The van der Waals surface area contributed by atoms with Crippen LogP contribution >= 0.6 is 0 Å². The molecule has 0 heterocycles. The van der Waals surface area contributed by atoms with Crippen LogP contribution in [-0.2, 0) is 4.79 Å². The highest BCUT2D eigenvalue weighted by molar-refractivity contribution is 5.85. The van der Waals surface area contributed by atoms with Crippen LogP contribution in [0.25, 0.3) is 6.08 Å². The first-order valence-corrected chi connectivity index (χ1v) is 5.90. The predicted molar refractivity (Wildman–Crippen MR) is 74.4 cm³/mol. The fraction of sp³-hybridized carbons (Fsp3) is 0.0625. The second-order valence-electron chi connectivity index (χ2n) is 4.11. The van der Waals surface area contributed by atoms with Gasteiger partial charge in [-0.15, -0.1) is 0 Å². The largest absolute Gasteiger partial charge is 0.478 e. The van der Waals surface area contributed by atoms with Crippen LogP contribution in [0.15, 0.2) is 54.6 Å². The quantitative estimate of drug-likeness (QED) is 0.842. The van der Waals surface area contributed by atoms with E-state index in [1.165, 1.54) is 0 Å². The summed E-state index contributed by atoms with van der Waals surface area (Å²) in [6.45, 7) is 1.92. The maximum Gasteiger partial charge on any atom is 0.328 e. The second-order valence-corrected chi connectivity index (χ2v) is 4.11. The average molecular weight is 254 g/mol. The van der Waals surface area contributed by atoms with Crippen molar-refractivity contribution in [2.45, 2.75) is 6.92 Å². The van der Waals surface area contributed by atoms with Crippen LogP contribution in [0.3, 0.4) is 0 Å². The molecule has 0 saturated carbocycles. The summed E-state index contributed by atoms with van der Waals surface area (Å²) < 4.78 is 5.70. The van der Waals surface area contributed by atoms with Gasteiger partial charge in [0, 0.05) is 6.08 Å². The molecule has 0 aromatic heterocycles. The summed E-state index contributed by atoms with van der Waals surface area (Å²) in [6, 6.07) is 15.1. The van der Waals surface area contributed by atoms with Gasteiger partial charge in [-0.1, -0.05) is 24.3 Å². The molecule has 3 heteroatoms. The first-order valence-electron chi connectivity index (χ1n) is 5.90. The molecule has 0 aliphatic rings. The van der Waals surface area contributed by atoms with Crippen molar-refractivity contribution in [1.29, 1.82) is 0 Å². The highest BCUT2D eigenvalue weighted by Gasteiger charge is 2.00. The zero-order chi connectivity index (χ0) is 13.7. The van der Waals surface area contributed by atoms with Gasteiger partial charge in [-0.25, -0.2) is 4.79 Å². The van der Waals surface area contributed by atoms with E-state index in [0.717, 1.165) is 28.7 Å². The summed E-state index contributed by atoms with van der Waals surface area (Å²) in [7, 11) is 0. The molecule has 0 aliphatic heterocycles. The number of carboxylic acid groups (broad SMARTS) is 1. The van der Waals surface area contributed by atoms with Gasteiger partial charge in [0.05, 0.1) is 0 Å². The Morgan fingerprint density at radius 1 is 1.11 bits per heavy atom. The van der Waals surface area contributed by atoms with Gasteiger partial charge in [0.1, 0.15) is 11.5 Å². The van der Waals surface area contributed by atoms with Crippen molar-refractivity contribution in [2.75, 3.05) is 0 Å². The molecule has 0 spiro atoms. The summed E-state index contributed by atoms with van der Waals surface area (Å²) in [5.41, 5.74) is 1.83. The number of rotatable bonds is 4. The van der Waals surface area contributed by atoms with Gasteiger partial charge < -0.3 is 9.84 Å². The fourth-order valence-electron chi connectivity index (χ4n) is 1.68. The van der Waals surface area contributed by atoms with Crippen molar-refractivity contribution < 1.29 is 14.6 Å². The van der Waals surface area contributed by atoms with E-state index < -0.39 is 5.97 Å². The van der Waals surface area contributed by atoms with E-state index in [1.54, 1.807) is 6.08 Å². The van der Waals surface area contributed by atoms with Gasteiger partial charge in [0.25, 0.3) is 0 Å². The fourth-order valence-corrected chi connectivity index (χ4v) is 1.68. The van der Waals surface area contributed by atoms with Crippen LogP contribution in [0.1, 0.15) is 11.1 Å². The minimum Gasteiger partial charge on any atom is -0.478 e. The normalized spacial score (nSPS) is 10.6. The second kappa shape index (κ2) is 5.87. The Morgan fingerprint density at radius 2 is 1.84 bits per heavy atom. The smallest absolute Gasteiger partial charge is 0.328 e. The van der Waals surface area contributed by atoms with Gasteiger partial charge in [-0.2, -0.15) is 0 Å². The zero-order valence-corrected chi connectivity index (χ0v) is 10.5. The standard InChI is InChI=1S/C16H14O3/c1-12-11-15(19-14-5-3-2-4-6-14)9-7-13(12)8-10-16(17)18/h2-11H,1H3,(H,17,18). The van der Waals surface area contributed by atoms with Crippen LogP contribution in [0.5, 0.6) is 11.5 Å². The van der Waals surface area contributed by atoms with Crippen molar-refractivity contribution in [3.63, 3.8) is 0 Å². The van der Waals surface area contributed by atoms with Gasteiger partial charge in [0.15, 0.2) is 0 Å². The number of carboxylic acids is 1. The minimum absolute atomic E-state index is 0.733. The first kappa shape index (κ1) is 12.9. The SMILES string of the molecule is Cc1cc(Oc2ccccc2)ccc1C=CC(=O)O. The lowest BCUT2D eigenvalue weighted by atomic mass is 10.1. The molecule has 0 aliphatic carbocycles. The Hall–Kier alpha value is -2.55. The lowest BCUT2D eigenvalue weighted by molar-refractivity contribution is -0.131. The Balaban J connectivity index is 2.17. The Kier molecular flexibility index (Phi) is 3.98. The molecule has 0 radical (unpaired) electrons. The molecule has 0 bridgehead atoms. The van der Waals surface area contributed by atoms with Crippen molar-refractivity contribution >= 4 is 12.0 Å². The number of benzene rings is 2. The van der Waals surface area contributed by atoms with E-state index in [4.69, 9.17) is 9.84 Å². The van der Waals surface area contributed by atoms with E-state index in [9.17, 15) is 4.79 Å². The lowest BCUT2D eigenvalue weighted by Crippen LogP contribution is -1.89. The number of hydrogen-bond donors (Lipinski definition) is 1. The monoisotopic (exact) mass is 254 g/mol. The van der Waals surface area contributed by atoms with Crippen molar-refractivity contribution in [3.8, 4) is 11.5 Å². The third kappa shape index (κ3) is 3.71. The van der Waals surface area contributed by atoms with Gasteiger partial charge in [0.2, 0.25) is 0 Å². The summed E-state index contributed by atoms with van der Waals surface area (Å²) in [6.07, 6.45) is 2.70. The highest BCUT2D eigenvalue weighted by Crippen LogP contribution is 2.24. The van der Waals surface area contributed by atoms with Gasteiger partial charge in [-0.3, -0.25) is 0 Å². The van der Waals surface area contributed by atoms with E-state index in [-0.39, 0.29) is 0 Å². The molecule has 2 aromatic rings. The molecule has 0 atom stereocenters. The number of aliphatic carboxylic acids is 1. The summed E-state index contributed by atoms with van der Waals surface area (Å²) in [5, 5.41) is 8.60. The number of hydrogen-bond acceptors (Lipinski definition) is 2. The Morgan fingerprint density at radius 3 is 2.47 bits per heavy atom. The third-order valence-electron chi connectivity index (χ3n) is 2.63. The number of carbonyl (C=O) groups is 1. The van der Waals surface area contributed by atoms with Crippen molar-refractivity contribution in [3.05, 3.63) is 65.7 Å². The number of ether oxygens (including phenoxy) is 1. The molecule has 2 aromatic carbocycles. The van der Waals surface area contributed by atoms with E-state index in [1.807, 2.05) is 55.5 Å². The summed E-state index contributed by atoms with van der Waals surface area (Å²) in [4.78, 5) is 10.5. The molecular formula is C16H14O3. The molecule has 3 nitrogen and oxygen atoms in total. The van der Waals surface area contributed by atoms with Crippen LogP contribution in [0, 0.1) is 6.92 Å². The van der Waals surface area contributed by atoms with Crippen LogP contribution in [0.2, 0.25) is 0 Å². The number of para-hydroxylation sites is 1. The minimum atomic E-state index is -0.955. The van der Waals surface area contributed by atoms with Crippen LogP contribution in [-0.4, -0.2) is 11.1 Å². The highest BCUT2D eigenvalue weighted by atomic mass is 16.5. The third-order valence-corrected chi connectivity index (χ3v) is 2.63. The first-order chi connectivity index (χ1) is 9.15. The van der Waals surface area contributed by atoms with Crippen LogP contribution < -0.4 is 4.74 Å². The topological polar surface area (TPSA) is 46.5 Å². The Labute approximate surface area is 111 Å². The molecule has 0 fully saturated rings. The molecule has 96 valence electrons. The van der Waals surface area contributed by atoms with E-state index >= 15 is 0 Å².